The number of hydrogen-bond acceptors (Lipinski definition) is 3. The van der Waals surface area contributed by atoms with Crippen LogP contribution in [0.5, 0.6) is 5.75 Å². The number of methoxy groups -OCH3 is 1. The van der Waals surface area contributed by atoms with Gasteiger partial charge in [0.1, 0.15) is 5.75 Å². The van der Waals surface area contributed by atoms with Crippen molar-refractivity contribution in [1.82, 2.24) is 15.5 Å². The third-order valence-electron chi connectivity index (χ3n) is 5.17. The van der Waals surface area contributed by atoms with E-state index in [0.717, 1.165) is 47.8 Å². The Morgan fingerprint density at radius 2 is 2.00 bits per heavy atom. The van der Waals surface area contributed by atoms with E-state index in [1.54, 1.807) is 14.2 Å². The molecule has 2 aromatic carbocycles. The predicted molar refractivity (Wildman–Crippen MR) is 136 cm³/mol. The molecule has 0 saturated carbocycles. The molecule has 0 radical (unpaired) electrons. The molecule has 3 rings (SSSR count). The van der Waals surface area contributed by atoms with Crippen LogP contribution in [0.25, 0.3) is 0 Å². The van der Waals surface area contributed by atoms with Gasteiger partial charge in [0, 0.05) is 44.7 Å². The minimum atomic E-state index is 0. The summed E-state index contributed by atoms with van der Waals surface area (Å²) in [6, 6.07) is 14.0. The number of halogens is 2. The molecule has 0 spiro atoms. The van der Waals surface area contributed by atoms with Gasteiger partial charge < -0.3 is 20.3 Å². The van der Waals surface area contributed by atoms with Crippen LogP contribution in [0.3, 0.4) is 0 Å². The maximum absolute atomic E-state index is 11.8. The van der Waals surface area contributed by atoms with Crippen molar-refractivity contribution in [3.63, 3.8) is 0 Å². The van der Waals surface area contributed by atoms with Gasteiger partial charge in [-0.25, -0.2) is 0 Å². The normalized spacial score (nSPS) is 13.7. The van der Waals surface area contributed by atoms with E-state index in [1.807, 2.05) is 29.2 Å². The highest BCUT2D eigenvalue weighted by Crippen LogP contribution is 2.22. The number of carbonyl (C=O) groups is 1. The van der Waals surface area contributed by atoms with Crippen molar-refractivity contribution in [2.24, 2.45) is 4.99 Å². The number of nitrogens with zero attached hydrogens (tertiary/aromatic N) is 2. The summed E-state index contributed by atoms with van der Waals surface area (Å²) >= 11 is 6.31. The van der Waals surface area contributed by atoms with Gasteiger partial charge in [-0.2, -0.15) is 0 Å². The van der Waals surface area contributed by atoms with Crippen molar-refractivity contribution in [3.8, 4) is 5.75 Å². The van der Waals surface area contributed by atoms with Crippen LogP contribution in [0.1, 0.15) is 29.5 Å². The maximum Gasteiger partial charge on any atom is 0.222 e. The molecular formula is C23H30ClIN4O2. The number of likely N-dealkylation sites (tertiary alicyclic amines) is 1. The van der Waals surface area contributed by atoms with Gasteiger partial charge in [-0.05, 0) is 41.7 Å². The Balaban J connectivity index is 0.00000341. The van der Waals surface area contributed by atoms with Gasteiger partial charge in [0.25, 0.3) is 0 Å². The molecule has 0 atom stereocenters. The summed E-state index contributed by atoms with van der Waals surface area (Å²) in [5.41, 5.74) is 3.37. The minimum Gasteiger partial charge on any atom is -0.497 e. The average Bonchev–Trinajstić information content (AvgIpc) is 3.16. The van der Waals surface area contributed by atoms with Crippen LogP contribution in [0, 0.1) is 0 Å². The van der Waals surface area contributed by atoms with Gasteiger partial charge >= 0.3 is 0 Å². The molecule has 1 aliphatic rings. The lowest BCUT2D eigenvalue weighted by Gasteiger charge is -2.16. The van der Waals surface area contributed by atoms with E-state index in [0.29, 0.717) is 31.1 Å². The molecule has 31 heavy (non-hydrogen) atoms. The fraction of sp³-hybridized carbons (Fsp3) is 0.391. The van der Waals surface area contributed by atoms with E-state index < -0.39 is 0 Å². The van der Waals surface area contributed by atoms with Crippen molar-refractivity contribution >= 4 is 47.4 Å². The number of carbonyl (C=O) groups excluding carboxylic acids is 1. The average molecular weight is 557 g/mol. The third kappa shape index (κ3) is 7.57. The number of amides is 1. The van der Waals surface area contributed by atoms with Gasteiger partial charge in [0.15, 0.2) is 5.96 Å². The number of hydrogen-bond donors (Lipinski definition) is 2. The SMILES string of the molecule is CN=C(NCCc1ccc(OC)cc1Cl)NCc1cccc(CN2CCCC2=O)c1.I. The lowest BCUT2D eigenvalue weighted by atomic mass is 10.1. The van der Waals surface area contributed by atoms with E-state index >= 15 is 0 Å². The number of aliphatic imine (C=N–C) groups is 1. The Morgan fingerprint density at radius 3 is 2.68 bits per heavy atom. The quantitative estimate of drug-likeness (QED) is 0.293. The number of guanidine groups is 1. The Morgan fingerprint density at radius 1 is 1.19 bits per heavy atom. The summed E-state index contributed by atoms with van der Waals surface area (Å²) in [5.74, 6) is 1.74. The van der Waals surface area contributed by atoms with E-state index in [-0.39, 0.29) is 29.9 Å². The monoisotopic (exact) mass is 556 g/mol. The fourth-order valence-electron chi connectivity index (χ4n) is 3.51. The second-order valence-corrected chi connectivity index (χ2v) is 7.71. The number of rotatable bonds is 8. The molecule has 8 heteroatoms. The fourth-order valence-corrected chi connectivity index (χ4v) is 3.77. The molecule has 1 saturated heterocycles. The standard InChI is InChI=1S/C23H29ClN4O2.HI/c1-25-23(26-11-10-19-8-9-20(30-2)14-21(19)24)27-15-17-5-3-6-18(13-17)16-28-12-4-7-22(28)29;/h3,5-6,8-9,13-14H,4,7,10-12,15-16H2,1-2H3,(H2,25,26,27);1H. The number of benzene rings is 2. The molecule has 1 fully saturated rings. The molecular weight excluding hydrogens is 527 g/mol. The Hall–Kier alpha value is -2.00. The molecule has 2 N–H and O–H groups in total. The zero-order valence-corrected chi connectivity index (χ0v) is 21.1. The second kappa shape index (κ2) is 12.8. The van der Waals surface area contributed by atoms with Gasteiger partial charge in [-0.15, -0.1) is 24.0 Å². The molecule has 1 heterocycles. The molecule has 1 amide bonds. The topological polar surface area (TPSA) is 66.0 Å². The zero-order valence-electron chi connectivity index (χ0n) is 18.0. The molecule has 0 aliphatic carbocycles. The molecule has 2 aromatic rings. The molecule has 0 bridgehead atoms. The van der Waals surface area contributed by atoms with Crippen LogP contribution < -0.4 is 15.4 Å². The van der Waals surface area contributed by atoms with Crippen LogP contribution in [-0.4, -0.2) is 44.0 Å². The summed E-state index contributed by atoms with van der Waals surface area (Å²) in [5, 5.41) is 7.36. The predicted octanol–water partition coefficient (Wildman–Crippen LogP) is 4.00. The lowest BCUT2D eigenvalue weighted by molar-refractivity contribution is -0.128. The summed E-state index contributed by atoms with van der Waals surface area (Å²) < 4.78 is 5.19. The first-order valence-electron chi connectivity index (χ1n) is 10.2. The summed E-state index contributed by atoms with van der Waals surface area (Å²) in [7, 11) is 3.38. The van der Waals surface area contributed by atoms with Crippen LogP contribution in [0.4, 0.5) is 0 Å². The van der Waals surface area contributed by atoms with Crippen molar-refractivity contribution in [3.05, 3.63) is 64.2 Å². The number of ether oxygens (including phenoxy) is 1. The summed E-state index contributed by atoms with van der Waals surface area (Å²) in [4.78, 5) is 18.1. The van der Waals surface area contributed by atoms with Crippen LogP contribution in [0.15, 0.2) is 47.5 Å². The van der Waals surface area contributed by atoms with E-state index in [1.165, 1.54) is 0 Å². The summed E-state index contributed by atoms with van der Waals surface area (Å²) in [6.07, 6.45) is 2.41. The Bertz CT molecular complexity index is 907. The van der Waals surface area contributed by atoms with Gasteiger partial charge in [0.05, 0.1) is 7.11 Å². The van der Waals surface area contributed by atoms with Crippen LogP contribution in [-0.2, 0) is 24.3 Å². The smallest absolute Gasteiger partial charge is 0.222 e. The first-order chi connectivity index (χ1) is 14.6. The molecule has 1 aliphatic heterocycles. The first kappa shape index (κ1) is 25.3. The molecule has 168 valence electrons. The van der Waals surface area contributed by atoms with Crippen molar-refractivity contribution < 1.29 is 9.53 Å². The highest BCUT2D eigenvalue weighted by atomic mass is 127. The highest BCUT2D eigenvalue weighted by Gasteiger charge is 2.19. The summed E-state index contributed by atoms with van der Waals surface area (Å²) in [6.45, 7) is 2.91. The van der Waals surface area contributed by atoms with E-state index in [4.69, 9.17) is 16.3 Å². The van der Waals surface area contributed by atoms with Crippen LogP contribution >= 0.6 is 35.6 Å². The first-order valence-corrected chi connectivity index (χ1v) is 10.6. The van der Waals surface area contributed by atoms with Crippen molar-refractivity contribution in [1.29, 1.82) is 0 Å². The van der Waals surface area contributed by atoms with Gasteiger partial charge in [-0.1, -0.05) is 41.9 Å². The molecule has 0 unspecified atom stereocenters. The largest absolute Gasteiger partial charge is 0.497 e. The van der Waals surface area contributed by atoms with Crippen molar-refractivity contribution in [2.75, 3.05) is 27.2 Å². The van der Waals surface area contributed by atoms with E-state index in [2.05, 4.69) is 33.8 Å². The van der Waals surface area contributed by atoms with Crippen molar-refractivity contribution in [2.45, 2.75) is 32.4 Å². The molecule has 6 nitrogen and oxygen atoms in total. The zero-order chi connectivity index (χ0) is 21.3. The second-order valence-electron chi connectivity index (χ2n) is 7.30. The Kier molecular flexibility index (Phi) is 10.4. The van der Waals surface area contributed by atoms with Gasteiger partial charge in [0.2, 0.25) is 5.91 Å². The van der Waals surface area contributed by atoms with E-state index in [9.17, 15) is 4.79 Å². The highest BCUT2D eigenvalue weighted by molar-refractivity contribution is 14.0. The molecule has 0 aromatic heterocycles. The van der Waals surface area contributed by atoms with Gasteiger partial charge in [-0.3, -0.25) is 9.79 Å². The lowest BCUT2D eigenvalue weighted by Crippen LogP contribution is -2.37. The Labute approximate surface area is 206 Å². The maximum atomic E-state index is 11.8. The van der Waals surface area contributed by atoms with Crippen LogP contribution in [0.2, 0.25) is 5.02 Å². The third-order valence-corrected chi connectivity index (χ3v) is 5.52. The number of nitrogens with one attached hydrogen (secondary N) is 2. The minimum absolute atomic E-state index is 0.